The van der Waals surface area contributed by atoms with Gasteiger partial charge in [-0.15, -0.1) is 0 Å². The molecule has 0 aliphatic heterocycles. The molecule has 0 heterocycles. The van der Waals surface area contributed by atoms with Crippen LogP contribution < -0.4 is 0 Å². The summed E-state index contributed by atoms with van der Waals surface area (Å²) in [4.78, 5) is 22.5. The van der Waals surface area contributed by atoms with E-state index in [0.29, 0.717) is 6.42 Å². The maximum absolute atomic E-state index is 5.65. The molecule has 0 unspecified atom stereocenters. The van der Waals surface area contributed by atoms with Crippen molar-refractivity contribution < 1.29 is 19.6 Å². The molecule has 4 heteroatoms. The van der Waals surface area contributed by atoms with Crippen LogP contribution in [0.15, 0.2) is 0 Å². The van der Waals surface area contributed by atoms with Crippen LogP contribution in [-0.4, -0.2) is 17.0 Å². The quantitative estimate of drug-likeness (QED) is 0.324. The second-order valence-electron chi connectivity index (χ2n) is 8.43. The Morgan fingerprint density at radius 2 is 0.905 bits per heavy atom. The van der Waals surface area contributed by atoms with Gasteiger partial charge in [0.15, 0.2) is 0 Å². The third-order valence-corrected chi connectivity index (χ3v) is 3.44. The maximum Gasteiger partial charge on any atom is 0.231 e. The van der Waals surface area contributed by atoms with E-state index in [0.717, 1.165) is 12.8 Å². The molecule has 0 saturated heterocycles. The van der Waals surface area contributed by atoms with Gasteiger partial charge >= 0.3 is 0 Å². The van der Waals surface area contributed by atoms with Crippen molar-refractivity contribution in [2.24, 2.45) is 5.41 Å². The molecule has 0 saturated carbocycles. The predicted molar refractivity (Wildman–Crippen MR) is 85.6 cm³/mol. The fourth-order valence-electron chi connectivity index (χ4n) is 1.56. The molecule has 0 aromatic rings. The largest absolute Gasteiger partial charge is 0.231 e. The Labute approximate surface area is 131 Å². The molecule has 0 atom stereocenters. The summed E-state index contributed by atoms with van der Waals surface area (Å²) in [6.07, 6.45) is 2.35. The highest BCUT2D eigenvalue weighted by Gasteiger charge is 2.38. The first-order chi connectivity index (χ1) is 9.24. The molecule has 0 spiro atoms. The first-order valence-corrected chi connectivity index (χ1v) is 7.98. The van der Waals surface area contributed by atoms with Crippen LogP contribution in [0, 0.1) is 5.41 Å². The van der Waals surface area contributed by atoms with Gasteiger partial charge in [-0.1, -0.05) is 34.6 Å². The third-order valence-electron chi connectivity index (χ3n) is 3.44. The van der Waals surface area contributed by atoms with Gasteiger partial charge in [0.2, 0.25) is 5.79 Å². The van der Waals surface area contributed by atoms with Crippen molar-refractivity contribution in [3.63, 3.8) is 0 Å². The summed E-state index contributed by atoms with van der Waals surface area (Å²) < 4.78 is 0. The standard InChI is InChI=1S/C17H36O4/c1-11-15(6,7)18-20-17(10,13-14(3,4)5)21-19-16(8,9)12-2/h11-13H2,1-10H3. The van der Waals surface area contributed by atoms with Crippen molar-refractivity contribution in [1.82, 2.24) is 0 Å². The van der Waals surface area contributed by atoms with Gasteiger partial charge in [-0.05, 0) is 52.9 Å². The van der Waals surface area contributed by atoms with Crippen molar-refractivity contribution in [1.29, 1.82) is 0 Å². The van der Waals surface area contributed by atoms with E-state index in [1.165, 1.54) is 0 Å². The molecule has 0 N–H and O–H groups in total. The normalized spacial score (nSPS) is 14.6. The average Bonchev–Trinajstić information content (AvgIpc) is 2.33. The van der Waals surface area contributed by atoms with Gasteiger partial charge in [0, 0.05) is 6.42 Å². The second kappa shape index (κ2) is 7.40. The van der Waals surface area contributed by atoms with E-state index in [4.69, 9.17) is 19.6 Å². The van der Waals surface area contributed by atoms with E-state index in [2.05, 4.69) is 34.6 Å². The summed E-state index contributed by atoms with van der Waals surface area (Å²) >= 11 is 0. The molecule has 21 heavy (non-hydrogen) atoms. The molecular formula is C17H36O4. The van der Waals surface area contributed by atoms with Gasteiger partial charge in [-0.25, -0.2) is 9.78 Å². The van der Waals surface area contributed by atoms with Crippen LogP contribution >= 0.6 is 0 Å². The summed E-state index contributed by atoms with van der Waals surface area (Å²) in [6.45, 7) is 20.3. The highest BCUT2D eigenvalue weighted by molar-refractivity contribution is 4.73. The molecule has 0 fully saturated rings. The Bertz CT molecular complexity index is 282. The fourth-order valence-corrected chi connectivity index (χ4v) is 1.56. The van der Waals surface area contributed by atoms with Gasteiger partial charge in [0.1, 0.15) is 0 Å². The fraction of sp³-hybridized carbons (Fsp3) is 1.00. The minimum Gasteiger partial charge on any atom is -0.228 e. The zero-order valence-electron chi connectivity index (χ0n) is 15.8. The summed E-state index contributed by atoms with van der Waals surface area (Å²) in [5.74, 6) is -0.947. The van der Waals surface area contributed by atoms with Crippen LogP contribution in [-0.2, 0) is 19.6 Å². The Hall–Kier alpha value is -0.160. The van der Waals surface area contributed by atoms with E-state index < -0.39 is 5.79 Å². The number of hydrogen-bond acceptors (Lipinski definition) is 4. The lowest BCUT2D eigenvalue weighted by molar-refractivity contribution is -0.542. The summed E-state index contributed by atoms with van der Waals surface area (Å²) in [5, 5.41) is 0. The smallest absolute Gasteiger partial charge is 0.228 e. The molecule has 128 valence electrons. The van der Waals surface area contributed by atoms with Crippen LogP contribution in [0.25, 0.3) is 0 Å². The van der Waals surface area contributed by atoms with Gasteiger partial charge < -0.3 is 0 Å². The topological polar surface area (TPSA) is 36.9 Å². The monoisotopic (exact) mass is 304 g/mol. The molecule has 0 aliphatic carbocycles. The lowest BCUT2D eigenvalue weighted by atomic mass is 9.88. The van der Waals surface area contributed by atoms with Crippen molar-refractivity contribution >= 4 is 0 Å². The van der Waals surface area contributed by atoms with Gasteiger partial charge in [0.05, 0.1) is 11.2 Å². The van der Waals surface area contributed by atoms with Gasteiger partial charge in [-0.2, -0.15) is 9.78 Å². The first-order valence-electron chi connectivity index (χ1n) is 7.98. The number of rotatable bonds is 9. The van der Waals surface area contributed by atoms with E-state index in [-0.39, 0.29) is 16.6 Å². The molecule has 0 amide bonds. The average molecular weight is 304 g/mol. The third kappa shape index (κ3) is 9.46. The SMILES string of the molecule is CCC(C)(C)OOC(C)(CC(C)(C)C)OOC(C)(C)CC. The molecule has 4 nitrogen and oxygen atoms in total. The molecule has 0 aromatic carbocycles. The van der Waals surface area contributed by atoms with Crippen LogP contribution in [0.5, 0.6) is 0 Å². The van der Waals surface area contributed by atoms with Gasteiger partial charge in [-0.3, -0.25) is 0 Å². The van der Waals surface area contributed by atoms with Crippen molar-refractivity contribution in [3.8, 4) is 0 Å². The molecule has 0 aliphatic rings. The highest BCUT2D eigenvalue weighted by Crippen LogP contribution is 2.34. The van der Waals surface area contributed by atoms with Crippen molar-refractivity contribution in [2.75, 3.05) is 0 Å². The van der Waals surface area contributed by atoms with Crippen LogP contribution in [0.4, 0.5) is 0 Å². The highest BCUT2D eigenvalue weighted by atomic mass is 17.3. The van der Waals surface area contributed by atoms with Crippen LogP contribution in [0.1, 0.15) is 88.5 Å². The van der Waals surface area contributed by atoms with Crippen molar-refractivity contribution in [3.05, 3.63) is 0 Å². The molecule has 0 radical (unpaired) electrons. The van der Waals surface area contributed by atoms with E-state index in [1.54, 1.807) is 0 Å². The lowest BCUT2D eigenvalue weighted by Crippen LogP contribution is -2.42. The molecule has 0 rings (SSSR count). The van der Waals surface area contributed by atoms with Crippen molar-refractivity contribution in [2.45, 2.75) is 105 Å². The maximum atomic E-state index is 5.65. The number of hydrogen-bond donors (Lipinski definition) is 0. The summed E-state index contributed by atoms with van der Waals surface area (Å²) in [5.41, 5.74) is -0.695. The van der Waals surface area contributed by atoms with E-state index in [1.807, 2.05) is 34.6 Å². The van der Waals surface area contributed by atoms with Gasteiger partial charge in [0.25, 0.3) is 0 Å². The minimum absolute atomic E-state index is 0.0220. The Morgan fingerprint density at radius 1 is 0.571 bits per heavy atom. The molecule has 0 bridgehead atoms. The minimum atomic E-state index is -0.947. The van der Waals surface area contributed by atoms with E-state index >= 15 is 0 Å². The lowest BCUT2D eigenvalue weighted by Gasteiger charge is -2.37. The predicted octanol–water partition coefficient (Wildman–Crippen LogP) is 5.41. The van der Waals surface area contributed by atoms with Crippen LogP contribution in [0.3, 0.4) is 0 Å². The molecular weight excluding hydrogens is 268 g/mol. The molecule has 0 aromatic heterocycles. The summed E-state index contributed by atoms with van der Waals surface area (Å²) in [6, 6.07) is 0. The Balaban J connectivity index is 4.85. The first kappa shape index (κ1) is 20.8. The zero-order valence-corrected chi connectivity index (χ0v) is 15.8. The zero-order chi connectivity index (χ0) is 16.9. The second-order valence-corrected chi connectivity index (χ2v) is 8.43. The van der Waals surface area contributed by atoms with Crippen LogP contribution in [0.2, 0.25) is 0 Å². The Morgan fingerprint density at radius 3 is 1.14 bits per heavy atom. The summed E-state index contributed by atoms with van der Waals surface area (Å²) in [7, 11) is 0. The van der Waals surface area contributed by atoms with E-state index in [9.17, 15) is 0 Å². The Kier molecular flexibility index (Phi) is 7.35.